The fourth-order valence-electron chi connectivity index (χ4n) is 4.84. The topological polar surface area (TPSA) is 49.4 Å². The molecule has 3 rings (SSSR count). The van der Waals surface area contributed by atoms with Crippen molar-refractivity contribution in [3.05, 3.63) is 77.4 Å². The third-order valence-electron chi connectivity index (χ3n) is 7.19. The van der Waals surface area contributed by atoms with Crippen molar-refractivity contribution < 1.29 is 23.4 Å². The van der Waals surface area contributed by atoms with E-state index in [1.807, 2.05) is 12.1 Å². The second-order valence-electron chi connectivity index (χ2n) is 10.3. The van der Waals surface area contributed by atoms with Crippen molar-refractivity contribution in [1.82, 2.24) is 0 Å². The highest BCUT2D eigenvalue weighted by atomic mass is 19.2. The Labute approximate surface area is 232 Å². The lowest BCUT2D eigenvalue weighted by Crippen LogP contribution is -2.23. The minimum absolute atomic E-state index is 0.0752. The van der Waals surface area contributed by atoms with Gasteiger partial charge in [0.25, 0.3) is 0 Å². The molecule has 0 aromatic heterocycles. The lowest BCUT2D eigenvalue weighted by molar-refractivity contribution is -0.254. The third-order valence-corrected chi connectivity index (χ3v) is 7.19. The number of carbonyl (C=O) groups is 1. The van der Waals surface area contributed by atoms with Crippen LogP contribution in [0.15, 0.2) is 54.6 Å². The van der Waals surface area contributed by atoms with Crippen molar-refractivity contribution in [3.8, 4) is 28.0 Å². The highest BCUT2D eigenvalue weighted by Crippen LogP contribution is 2.35. The number of carbonyl (C=O) groups excluding carboxylic acids is 1. The number of halogens is 2. The van der Waals surface area contributed by atoms with Gasteiger partial charge in [-0.15, -0.1) is 0 Å². The van der Waals surface area contributed by atoms with Crippen molar-refractivity contribution in [2.45, 2.75) is 90.9 Å². The molecular formula is C34H41F2O3-. The summed E-state index contributed by atoms with van der Waals surface area (Å²) in [7, 11) is 0. The number of aryl methyl sites for hydroxylation is 1. The molecule has 39 heavy (non-hydrogen) atoms. The predicted molar refractivity (Wildman–Crippen MR) is 153 cm³/mol. The highest BCUT2D eigenvalue weighted by molar-refractivity contribution is 5.96. The Kier molecular flexibility index (Phi) is 12.5. The van der Waals surface area contributed by atoms with Gasteiger partial charge in [0.2, 0.25) is 5.82 Å². The van der Waals surface area contributed by atoms with E-state index in [0.717, 1.165) is 50.5 Å². The van der Waals surface area contributed by atoms with Crippen molar-refractivity contribution >= 4 is 5.97 Å². The van der Waals surface area contributed by atoms with Crippen LogP contribution >= 0.6 is 0 Å². The zero-order chi connectivity index (χ0) is 28.0. The molecule has 5 heteroatoms. The molecule has 0 bridgehead atoms. The molecular weight excluding hydrogens is 494 g/mol. The molecule has 3 nitrogen and oxygen atoms in total. The first kappa shape index (κ1) is 30.3. The Balaban J connectivity index is 1.75. The van der Waals surface area contributed by atoms with E-state index in [-0.39, 0.29) is 22.4 Å². The summed E-state index contributed by atoms with van der Waals surface area (Å²) in [6, 6.07) is 15.5. The molecule has 210 valence electrons. The minimum atomic E-state index is -1.45. The highest BCUT2D eigenvalue weighted by Gasteiger charge is 2.19. The molecule has 0 amide bonds. The Morgan fingerprint density at radius 1 is 0.692 bits per heavy atom. The van der Waals surface area contributed by atoms with Gasteiger partial charge >= 0.3 is 0 Å². The van der Waals surface area contributed by atoms with Crippen LogP contribution in [0.5, 0.6) is 5.75 Å². The average molecular weight is 536 g/mol. The number of rotatable bonds is 17. The quantitative estimate of drug-likeness (QED) is 0.162. The number of benzene rings is 3. The Morgan fingerprint density at radius 3 is 1.97 bits per heavy atom. The minimum Gasteiger partial charge on any atom is -0.545 e. The van der Waals surface area contributed by atoms with Crippen LogP contribution in [-0.2, 0) is 6.42 Å². The Bertz CT molecular complexity index is 1190. The molecule has 0 spiro atoms. The SMILES string of the molecule is CCCCCCCCc1ccc(-c2ccc(C(=O)[O-])c(-c3ccc(OCCCCCCC)c(F)c3F)c2)cc1. The first-order valence-corrected chi connectivity index (χ1v) is 14.5. The fourth-order valence-corrected chi connectivity index (χ4v) is 4.84. The van der Waals surface area contributed by atoms with Crippen molar-refractivity contribution in [1.29, 1.82) is 0 Å². The van der Waals surface area contributed by atoms with E-state index < -0.39 is 17.6 Å². The molecule has 0 N–H and O–H groups in total. The molecule has 0 saturated heterocycles. The van der Waals surface area contributed by atoms with Gasteiger partial charge in [-0.05, 0) is 59.7 Å². The number of aromatic carboxylic acids is 1. The molecule has 0 fully saturated rings. The molecule has 0 aliphatic rings. The largest absolute Gasteiger partial charge is 0.545 e. The van der Waals surface area contributed by atoms with Gasteiger partial charge in [-0.1, -0.05) is 108 Å². The standard InChI is InChI=1S/C34H42F2O3/c1-3-5-7-9-10-12-14-25-15-17-26(18-16-25)27-19-20-29(34(37)38)30(24-27)28-21-22-31(33(36)32(28)35)39-23-13-11-8-6-4-2/h15-22,24H,3-14,23H2,1-2H3,(H,37,38)/p-1. The lowest BCUT2D eigenvalue weighted by Gasteiger charge is -2.16. The normalized spacial score (nSPS) is 11.1. The summed E-state index contributed by atoms with van der Waals surface area (Å²) >= 11 is 0. The lowest BCUT2D eigenvalue weighted by atomic mass is 9.93. The zero-order valence-electron chi connectivity index (χ0n) is 23.4. The molecule has 0 radical (unpaired) electrons. The number of ether oxygens (including phenoxy) is 1. The summed E-state index contributed by atoms with van der Waals surface area (Å²) in [5.41, 5.74) is 2.58. The Morgan fingerprint density at radius 2 is 1.31 bits per heavy atom. The number of hydrogen-bond donors (Lipinski definition) is 0. The molecule has 0 unspecified atom stereocenters. The Hall–Kier alpha value is -3.21. The number of hydrogen-bond acceptors (Lipinski definition) is 3. The molecule has 0 heterocycles. The van der Waals surface area contributed by atoms with Gasteiger partial charge in [0.1, 0.15) is 0 Å². The van der Waals surface area contributed by atoms with Crippen LogP contribution in [0.3, 0.4) is 0 Å². The van der Waals surface area contributed by atoms with Gasteiger partial charge in [-0.3, -0.25) is 0 Å². The van der Waals surface area contributed by atoms with Crippen molar-refractivity contribution in [2.24, 2.45) is 0 Å². The molecule has 3 aromatic carbocycles. The maximum atomic E-state index is 15.2. The van der Waals surface area contributed by atoms with Crippen LogP contribution in [-0.4, -0.2) is 12.6 Å². The number of unbranched alkanes of at least 4 members (excludes halogenated alkanes) is 9. The van der Waals surface area contributed by atoms with E-state index >= 15 is 4.39 Å². The summed E-state index contributed by atoms with van der Waals surface area (Å²) in [6.45, 7) is 4.65. The van der Waals surface area contributed by atoms with Gasteiger partial charge in [-0.2, -0.15) is 4.39 Å². The molecule has 3 aromatic rings. The summed E-state index contributed by atoms with van der Waals surface area (Å²) < 4.78 is 35.6. The van der Waals surface area contributed by atoms with Crippen molar-refractivity contribution in [2.75, 3.05) is 6.61 Å². The second kappa shape index (κ2) is 16.0. The number of carboxylic acid groups (broad SMARTS) is 1. The van der Waals surface area contributed by atoms with Crippen molar-refractivity contribution in [3.63, 3.8) is 0 Å². The van der Waals surface area contributed by atoms with Crippen LogP contribution in [0.25, 0.3) is 22.3 Å². The van der Waals surface area contributed by atoms with E-state index in [4.69, 9.17) is 4.74 Å². The first-order chi connectivity index (χ1) is 19.0. The summed E-state index contributed by atoms with van der Waals surface area (Å²) in [5.74, 6) is -3.86. The smallest absolute Gasteiger partial charge is 0.201 e. The van der Waals surface area contributed by atoms with E-state index in [9.17, 15) is 14.3 Å². The van der Waals surface area contributed by atoms with E-state index in [1.165, 1.54) is 55.9 Å². The maximum absolute atomic E-state index is 15.2. The first-order valence-electron chi connectivity index (χ1n) is 14.5. The molecule has 0 aliphatic heterocycles. The maximum Gasteiger partial charge on any atom is 0.201 e. The monoisotopic (exact) mass is 535 g/mol. The van der Waals surface area contributed by atoms with Crippen LogP contribution in [0.2, 0.25) is 0 Å². The molecule has 0 atom stereocenters. The predicted octanol–water partition coefficient (Wildman–Crippen LogP) is 8.91. The molecule has 0 saturated carbocycles. The van der Waals surface area contributed by atoms with E-state index in [2.05, 4.69) is 26.0 Å². The average Bonchev–Trinajstić information content (AvgIpc) is 2.94. The van der Waals surface area contributed by atoms with Crippen LogP contribution in [0.1, 0.15) is 100 Å². The van der Waals surface area contributed by atoms with Crippen LogP contribution in [0, 0.1) is 11.6 Å². The number of carboxylic acids is 1. The third kappa shape index (κ3) is 8.91. The van der Waals surface area contributed by atoms with Gasteiger partial charge in [-0.25, -0.2) is 4.39 Å². The zero-order valence-corrected chi connectivity index (χ0v) is 23.4. The summed E-state index contributed by atoms with van der Waals surface area (Å²) in [6.07, 6.45) is 13.6. The fraction of sp³-hybridized carbons (Fsp3) is 0.441. The van der Waals surface area contributed by atoms with Gasteiger partial charge in [0, 0.05) is 11.1 Å². The summed E-state index contributed by atoms with van der Waals surface area (Å²) in [4.78, 5) is 11.8. The van der Waals surface area contributed by atoms with Gasteiger partial charge < -0.3 is 14.6 Å². The summed E-state index contributed by atoms with van der Waals surface area (Å²) in [5, 5.41) is 11.8. The van der Waals surface area contributed by atoms with Crippen LogP contribution < -0.4 is 9.84 Å². The van der Waals surface area contributed by atoms with Gasteiger partial charge in [0.15, 0.2) is 11.6 Å². The van der Waals surface area contributed by atoms with E-state index in [1.54, 1.807) is 12.1 Å². The molecule has 0 aliphatic carbocycles. The van der Waals surface area contributed by atoms with Gasteiger partial charge in [0.05, 0.1) is 12.6 Å². The van der Waals surface area contributed by atoms with E-state index in [0.29, 0.717) is 12.2 Å². The van der Waals surface area contributed by atoms with Crippen LogP contribution in [0.4, 0.5) is 8.78 Å². The second-order valence-corrected chi connectivity index (χ2v) is 10.3.